The molecule has 0 N–H and O–H groups in total. The van der Waals surface area contributed by atoms with E-state index in [0.29, 0.717) is 0 Å². The molecule has 0 saturated heterocycles. The fraction of sp³-hybridized carbons (Fsp3) is 0.0370. The third-order valence-corrected chi connectivity index (χ3v) is 12.7. The molecule has 0 fully saturated rings. The summed E-state index contributed by atoms with van der Waals surface area (Å²) in [6.07, 6.45) is 9.26. The third kappa shape index (κ3) is 4.29. The molecule has 0 radical (unpaired) electrons. The van der Waals surface area contributed by atoms with Gasteiger partial charge in [-0.05, 0) is 66.2 Å². The maximum atomic E-state index is 2.65. The number of para-hydroxylation sites is 6. The first kappa shape index (κ1) is 31.6. The molecule has 8 aromatic carbocycles. The molecule has 13 rings (SSSR count). The fourth-order valence-corrected chi connectivity index (χ4v) is 10.4. The first-order valence-corrected chi connectivity index (χ1v) is 20.2. The van der Waals surface area contributed by atoms with Gasteiger partial charge in [0.15, 0.2) is 0 Å². The molecule has 4 heterocycles. The Bertz CT molecular complexity index is 3300. The number of allylic oxidation sites excluding steroid dienone is 2. The molecule has 2 atom stereocenters. The maximum absolute atomic E-state index is 2.65. The van der Waals surface area contributed by atoms with Crippen LogP contribution in [0.5, 0.6) is 0 Å². The summed E-state index contributed by atoms with van der Waals surface area (Å²) in [4.78, 5) is 2.65. The number of rotatable bonds is 4. The van der Waals surface area contributed by atoms with Crippen molar-refractivity contribution in [3.05, 3.63) is 212 Å². The molecule has 3 aromatic heterocycles. The van der Waals surface area contributed by atoms with Crippen molar-refractivity contribution in [3.8, 4) is 17.1 Å². The van der Waals surface area contributed by atoms with Gasteiger partial charge >= 0.3 is 0 Å². The van der Waals surface area contributed by atoms with Gasteiger partial charge in [0.1, 0.15) is 0 Å². The van der Waals surface area contributed by atoms with Gasteiger partial charge in [-0.3, -0.25) is 0 Å². The number of nitrogens with zero attached hydrogens (tertiary/aromatic N) is 4. The lowest BCUT2D eigenvalue weighted by atomic mass is 9.91. The van der Waals surface area contributed by atoms with Gasteiger partial charge in [-0.2, -0.15) is 0 Å². The maximum Gasteiger partial charge on any atom is 0.0782 e. The SMILES string of the molecule is C1=CC2c3ccc4c5ccccc5n(-c5ccccc5)c4c3N(c3cc(-n4c5ccccc5c5ccccc54)cc(-n4c5ccccc5c5ccccc54)c3)C2C=C1. The summed E-state index contributed by atoms with van der Waals surface area (Å²) in [7, 11) is 0. The van der Waals surface area contributed by atoms with Crippen LogP contribution in [0.15, 0.2) is 206 Å². The van der Waals surface area contributed by atoms with Crippen molar-refractivity contribution >= 4 is 76.8 Å². The Morgan fingerprint density at radius 3 is 1.29 bits per heavy atom. The van der Waals surface area contributed by atoms with Crippen LogP contribution in [0.25, 0.3) is 82.5 Å². The van der Waals surface area contributed by atoms with Crippen molar-refractivity contribution in [1.29, 1.82) is 0 Å². The Labute approximate surface area is 335 Å². The molecule has 0 bridgehead atoms. The van der Waals surface area contributed by atoms with Crippen molar-refractivity contribution in [2.45, 2.75) is 12.0 Å². The summed E-state index contributed by atoms with van der Waals surface area (Å²) < 4.78 is 7.43. The molecule has 0 saturated carbocycles. The van der Waals surface area contributed by atoms with Crippen molar-refractivity contribution in [2.24, 2.45) is 0 Å². The molecule has 58 heavy (non-hydrogen) atoms. The van der Waals surface area contributed by atoms with Crippen LogP contribution in [0, 0.1) is 0 Å². The van der Waals surface area contributed by atoms with Crippen molar-refractivity contribution < 1.29 is 0 Å². The van der Waals surface area contributed by atoms with Gasteiger partial charge in [0.2, 0.25) is 0 Å². The minimum atomic E-state index is 0.0900. The first-order valence-electron chi connectivity index (χ1n) is 20.2. The van der Waals surface area contributed by atoms with Gasteiger partial charge in [0.05, 0.1) is 56.2 Å². The van der Waals surface area contributed by atoms with E-state index in [1.165, 1.54) is 76.7 Å². The molecule has 11 aromatic rings. The van der Waals surface area contributed by atoms with Crippen molar-refractivity contribution in [1.82, 2.24) is 13.7 Å². The summed E-state index contributed by atoms with van der Waals surface area (Å²) in [6.45, 7) is 0. The molecule has 272 valence electrons. The van der Waals surface area contributed by atoms with E-state index in [4.69, 9.17) is 0 Å². The van der Waals surface area contributed by atoms with Crippen LogP contribution in [-0.2, 0) is 0 Å². The normalized spacial score (nSPS) is 16.1. The number of hydrogen-bond acceptors (Lipinski definition) is 1. The second kappa shape index (κ2) is 12.0. The van der Waals surface area contributed by atoms with Gasteiger partial charge in [0.25, 0.3) is 0 Å². The first-order chi connectivity index (χ1) is 28.8. The van der Waals surface area contributed by atoms with Crippen LogP contribution in [-0.4, -0.2) is 19.7 Å². The lowest BCUT2D eigenvalue weighted by Gasteiger charge is -2.30. The highest BCUT2D eigenvalue weighted by molar-refractivity contribution is 6.16. The molecule has 2 aliphatic rings. The second-order valence-corrected chi connectivity index (χ2v) is 15.7. The van der Waals surface area contributed by atoms with Crippen LogP contribution in [0.4, 0.5) is 11.4 Å². The Kier molecular flexibility index (Phi) is 6.53. The van der Waals surface area contributed by atoms with Crippen LogP contribution in [0.1, 0.15) is 11.5 Å². The Hall–Kier alpha value is -7.56. The van der Waals surface area contributed by atoms with E-state index >= 15 is 0 Å². The van der Waals surface area contributed by atoms with Gasteiger partial charge in [-0.25, -0.2) is 0 Å². The van der Waals surface area contributed by atoms with E-state index in [1.807, 2.05) is 0 Å². The Morgan fingerprint density at radius 1 is 0.328 bits per heavy atom. The summed E-state index contributed by atoms with van der Waals surface area (Å²) in [5.74, 6) is 0.195. The monoisotopic (exact) mass is 740 g/mol. The quantitative estimate of drug-likeness (QED) is 0.176. The van der Waals surface area contributed by atoms with Crippen LogP contribution in [0.2, 0.25) is 0 Å². The molecule has 2 unspecified atom stereocenters. The molecular formula is C54H36N4. The van der Waals surface area contributed by atoms with Gasteiger partial charge in [-0.15, -0.1) is 0 Å². The molecular weight excluding hydrogens is 705 g/mol. The van der Waals surface area contributed by atoms with E-state index in [1.54, 1.807) is 0 Å². The van der Waals surface area contributed by atoms with E-state index < -0.39 is 0 Å². The summed E-state index contributed by atoms with van der Waals surface area (Å²) in [6, 6.07) is 67.2. The summed E-state index contributed by atoms with van der Waals surface area (Å²) in [5.41, 5.74) is 14.4. The highest BCUT2D eigenvalue weighted by Gasteiger charge is 2.40. The predicted molar refractivity (Wildman–Crippen MR) is 243 cm³/mol. The Morgan fingerprint density at radius 2 is 0.759 bits per heavy atom. The lowest BCUT2D eigenvalue weighted by Crippen LogP contribution is -2.29. The van der Waals surface area contributed by atoms with E-state index in [9.17, 15) is 0 Å². The smallest absolute Gasteiger partial charge is 0.0782 e. The number of aromatic nitrogens is 3. The van der Waals surface area contributed by atoms with Crippen LogP contribution < -0.4 is 4.90 Å². The van der Waals surface area contributed by atoms with Gasteiger partial charge in [-0.1, -0.05) is 146 Å². The molecule has 4 heteroatoms. The molecule has 1 aliphatic heterocycles. The average Bonchev–Trinajstić information content (AvgIpc) is 4.02. The zero-order valence-electron chi connectivity index (χ0n) is 31.6. The fourth-order valence-electron chi connectivity index (χ4n) is 10.4. The molecule has 4 nitrogen and oxygen atoms in total. The van der Waals surface area contributed by atoms with E-state index in [-0.39, 0.29) is 12.0 Å². The molecule has 0 amide bonds. The highest BCUT2D eigenvalue weighted by atomic mass is 15.2. The minimum absolute atomic E-state index is 0.0900. The molecule has 0 spiro atoms. The number of benzene rings is 8. The zero-order chi connectivity index (χ0) is 37.9. The van der Waals surface area contributed by atoms with E-state index in [0.717, 1.165) is 22.7 Å². The Balaban J connectivity index is 1.18. The summed E-state index contributed by atoms with van der Waals surface area (Å²) >= 11 is 0. The average molecular weight is 741 g/mol. The van der Waals surface area contributed by atoms with E-state index in [2.05, 4.69) is 225 Å². The van der Waals surface area contributed by atoms with Crippen LogP contribution in [0.3, 0.4) is 0 Å². The molecule has 1 aliphatic carbocycles. The predicted octanol–water partition coefficient (Wildman–Crippen LogP) is 13.7. The standard InChI is InChI=1S/C54H36N4/c1-2-16-35(17-3-1)57-51-28-14-8-22-43(51)45-30-31-46-44-23-9-15-29-52(44)58(54(46)53(45)57)38-33-36(55-47-24-10-4-18-39(47)40-19-5-11-25-48(40)55)32-37(34-38)56-49-26-12-6-20-41(49)42-21-7-13-27-50(42)56/h1-34,44,52H. The highest BCUT2D eigenvalue weighted by Crippen LogP contribution is 2.53. The van der Waals surface area contributed by atoms with Crippen LogP contribution >= 0.6 is 0 Å². The summed E-state index contributed by atoms with van der Waals surface area (Å²) in [5, 5.41) is 7.53. The van der Waals surface area contributed by atoms with Crippen molar-refractivity contribution in [3.63, 3.8) is 0 Å². The number of fused-ring (bicyclic) bond motifs is 13. The topological polar surface area (TPSA) is 18.0 Å². The van der Waals surface area contributed by atoms with Crippen molar-refractivity contribution in [2.75, 3.05) is 4.90 Å². The number of hydrogen-bond donors (Lipinski definition) is 0. The number of anilines is 2. The van der Waals surface area contributed by atoms with Gasteiger partial charge < -0.3 is 18.6 Å². The zero-order valence-corrected chi connectivity index (χ0v) is 31.6. The minimum Gasteiger partial charge on any atom is -0.331 e. The lowest BCUT2D eigenvalue weighted by molar-refractivity contribution is 0.744. The third-order valence-electron chi connectivity index (χ3n) is 12.7. The van der Waals surface area contributed by atoms with Gasteiger partial charge in [0, 0.05) is 49.6 Å². The second-order valence-electron chi connectivity index (χ2n) is 15.7. The largest absolute Gasteiger partial charge is 0.331 e.